The number of rotatable bonds is 8. The Morgan fingerprint density at radius 2 is 2.06 bits per heavy atom. The highest BCUT2D eigenvalue weighted by Gasteiger charge is 2.45. The van der Waals surface area contributed by atoms with E-state index in [4.69, 9.17) is 14.2 Å². The van der Waals surface area contributed by atoms with Gasteiger partial charge in [-0.15, -0.1) is 0 Å². The van der Waals surface area contributed by atoms with E-state index in [1.165, 1.54) is 5.57 Å². The summed E-state index contributed by atoms with van der Waals surface area (Å²) in [5.74, 6) is 1.79. The molecule has 31 heavy (non-hydrogen) atoms. The molecule has 1 N–H and O–H groups in total. The molecule has 1 heterocycles. The second-order valence-electron chi connectivity index (χ2n) is 9.58. The van der Waals surface area contributed by atoms with Gasteiger partial charge in [0.1, 0.15) is 23.7 Å². The first-order chi connectivity index (χ1) is 14.7. The number of carbonyl (C=O) groups excluding carboxylic acids is 1. The summed E-state index contributed by atoms with van der Waals surface area (Å²) in [7, 11) is 0. The van der Waals surface area contributed by atoms with Crippen LogP contribution in [0.2, 0.25) is 0 Å². The largest absolute Gasteiger partial charge is 0.513 e. The number of ether oxygens (including phenoxy) is 3. The number of carbonyl (C=O) groups is 1. The van der Waals surface area contributed by atoms with Crippen LogP contribution in [-0.4, -0.2) is 29.6 Å². The molecule has 0 spiro atoms. The summed E-state index contributed by atoms with van der Waals surface area (Å²) in [6, 6.07) is 4.10. The maximum absolute atomic E-state index is 12.4. The number of hydrogen-bond acceptors (Lipinski definition) is 5. The lowest BCUT2D eigenvalue weighted by atomic mass is 9.68. The number of unbranched alkanes of at least 4 members (excludes halogenated alkanes) is 2. The Kier molecular flexibility index (Phi) is 7.68. The van der Waals surface area contributed by atoms with E-state index in [9.17, 15) is 9.90 Å². The van der Waals surface area contributed by atoms with Crippen molar-refractivity contribution in [1.82, 2.24) is 0 Å². The molecule has 1 aliphatic heterocycles. The van der Waals surface area contributed by atoms with Gasteiger partial charge in [-0.3, -0.25) is 0 Å². The minimum atomic E-state index is -0.779. The van der Waals surface area contributed by atoms with Crippen LogP contribution in [0.15, 0.2) is 23.8 Å². The van der Waals surface area contributed by atoms with Gasteiger partial charge in [0, 0.05) is 17.4 Å². The molecule has 0 fully saturated rings. The van der Waals surface area contributed by atoms with E-state index in [0.717, 1.165) is 55.4 Å². The van der Waals surface area contributed by atoms with Gasteiger partial charge >= 0.3 is 6.16 Å². The number of aryl methyl sites for hydroxylation is 1. The molecule has 0 aromatic heterocycles. The average molecular weight is 431 g/mol. The average Bonchev–Trinajstić information content (AvgIpc) is 2.71. The Morgan fingerprint density at radius 3 is 2.77 bits per heavy atom. The molecular weight excluding hydrogens is 392 g/mol. The number of hydrogen-bond donors (Lipinski definition) is 1. The van der Waals surface area contributed by atoms with Crippen LogP contribution in [0, 0.1) is 5.92 Å². The highest BCUT2D eigenvalue weighted by Crippen LogP contribution is 2.53. The third-order valence-corrected chi connectivity index (χ3v) is 6.64. The lowest BCUT2D eigenvalue weighted by Crippen LogP contribution is -2.45. The molecule has 3 rings (SSSR count). The molecule has 172 valence electrons. The standard InChI is InChI=1S/C26H38O5/c1-6-8-9-10-18-14-22(30-25(28)29-16-19(27)7-2)24-20-13-17(3)11-12-21(20)26(4,5)31-23(24)15-18/h13-15,19-21,27H,6-12,16H2,1-5H3/t19-,20+,21+/m0/s1. The van der Waals surface area contributed by atoms with Crippen molar-refractivity contribution in [2.24, 2.45) is 5.92 Å². The molecule has 3 atom stereocenters. The second kappa shape index (κ2) is 10.1. The molecule has 5 heteroatoms. The third kappa shape index (κ3) is 5.62. The number of aliphatic hydroxyl groups excluding tert-OH is 1. The minimum Gasteiger partial charge on any atom is -0.487 e. The third-order valence-electron chi connectivity index (χ3n) is 6.64. The summed E-state index contributed by atoms with van der Waals surface area (Å²) in [6.07, 6.45) is 7.78. The highest BCUT2D eigenvalue weighted by molar-refractivity contribution is 5.67. The van der Waals surface area contributed by atoms with Crippen LogP contribution in [0.1, 0.15) is 90.2 Å². The zero-order valence-corrected chi connectivity index (χ0v) is 19.7. The lowest BCUT2D eigenvalue weighted by molar-refractivity contribution is 0.00981. The zero-order valence-electron chi connectivity index (χ0n) is 19.7. The van der Waals surface area contributed by atoms with E-state index in [0.29, 0.717) is 18.1 Å². The van der Waals surface area contributed by atoms with E-state index < -0.39 is 12.3 Å². The molecule has 0 saturated heterocycles. The summed E-state index contributed by atoms with van der Waals surface area (Å²) in [5, 5.41) is 9.71. The topological polar surface area (TPSA) is 65.0 Å². The molecule has 0 unspecified atom stereocenters. The van der Waals surface area contributed by atoms with Gasteiger partial charge in [-0.2, -0.15) is 0 Å². The van der Waals surface area contributed by atoms with Gasteiger partial charge in [0.2, 0.25) is 0 Å². The Morgan fingerprint density at radius 1 is 1.29 bits per heavy atom. The smallest absolute Gasteiger partial charge is 0.487 e. The van der Waals surface area contributed by atoms with Crippen molar-refractivity contribution < 1.29 is 24.1 Å². The molecular formula is C26H38O5. The van der Waals surface area contributed by atoms with E-state index in [2.05, 4.69) is 39.8 Å². The molecule has 2 aliphatic rings. The van der Waals surface area contributed by atoms with Crippen LogP contribution in [-0.2, 0) is 11.2 Å². The van der Waals surface area contributed by atoms with Crippen molar-refractivity contribution in [2.75, 3.05) is 6.61 Å². The maximum Gasteiger partial charge on any atom is 0.513 e. The molecule has 0 amide bonds. The summed E-state index contributed by atoms with van der Waals surface area (Å²) in [6.45, 7) is 10.4. The number of benzene rings is 1. The second-order valence-corrected chi connectivity index (χ2v) is 9.58. The predicted molar refractivity (Wildman–Crippen MR) is 122 cm³/mol. The van der Waals surface area contributed by atoms with Crippen LogP contribution in [0.25, 0.3) is 0 Å². The normalized spacial score (nSPS) is 22.5. The van der Waals surface area contributed by atoms with Gasteiger partial charge < -0.3 is 19.3 Å². The van der Waals surface area contributed by atoms with Crippen LogP contribution in [0.3, 0.4) is 0 Å². The summed E-state index contributed by atoms with van der Waals surface area (Å²) < 4.78 is 17.4. The molecule has 1 aromatic rings. The first-order valence-corrected chi connectivity index (χ1v) is 11.8. The number of allylic oxidation sites excluding steroid dienone is 2. The fourth-order valence-electron chi connectivity index (χ4n) is 4.77. The van der Waals surface area contributed by atoms with Crippen LogP contribution in [0.5, 0.6) is 11.5 Å². The SMILES string of the molecule is CCCCCc1cc(OC(=O)OC[C@@H](O)CC)c2c(c1)OC(C)(C)[C@@H]1CCC(C)=C[C@@H]21. The molecule has 0 radical (unpaired) electrons. The zero-order chi connectivity index (χ0) is 22.6. The summed E-state index contributed by atoms with van der Waals surface area (Å²) in [5.41, 5.74) is 3.11. The van der Waals surface area contributed by atoms with Crippen molar-refractivity contribution in [3.63, 3.8) is 0 Å². The fourth-order valence-corrected chi connectivity index (χ4v) is 4.77. The van der Waals surface area contributed by atoms with Crippen molar-refractivity contribution >= 4 is 6.16 Å². The first kappa shape index (κ1) is 23.6. The van der Waals surface area contributed by atoms with Gasteiger partial charge in [0.15, 0.2) is 0 Å². The molecule has 5 nitrogen and oxygen atoms in total. The predicted octanol–water partition coefficient (Wildman–Crippen LogP) is 6.32. The lowest BCUT2D eigenvalue weighted by Gasteiger charge is -2.46. The number of aliphatic hydroxyl groups is 1. The number of fused-ring (bicyclic) bond motifs is 3. The maximum atomic E-state index is 12.4. The summed E-state index contributed by atoms with van der Waals surface area (Å²) >= 11 is 0. The molecule has 1 aromatic carbocycles. The van der Waals surface area contributed by atoms with Crippen LogP contribution < -0.4 is 9.47 Å². The van der Waals surface area contributed by atoms with E-state index in [-0.39, 0.29) is 18.1 Å². The Bertz CT molecular complexity index is 810. The Hall–Kier alpha value is -2.01. The molecule has 1 aliphatic carbocycles. The molecule has 0 bridgehead atoms. The quantitative estimate of drug-likeness (QED) is 0.226. The minimum absolute atomic E-state index is 0.0672. The van der Waals surface area contributed by atoms with Crippen molar-refractivity contribution in [1.29, 1.82) is 0 Å². The van der Waals surface area contributed by atoms with Gasteiger partial charge in [0.05, 0.1) is 6.10 Å². The fraction of sp³-hybridized carbons (Fsp3) is 0.654. The Balaban J connectivity index is 1.96. The highest BCUT2D eigenvalue weighted by atomic mass is 16.7. The van der Waals surface area contributed by atoms with Crippen LogP contribution in [0.4, 0.5) is 4.79 Å². The van der Waals surface area contributed by atoms with Crippen molar-refractivity contribution in [2.45, 2.75) is 97.2 Å². The Labute approximate surface area is 186 Å². The monoisotopic (exact) mass is 430 g/mol. The van der Waals surface area contributed by atoms with Crippen molar-refractivity contribution in [3.05, 3.63) is 34.9 Å². The van der Waals surface area contributed by atoms with Gasteiger partial charge in [0.25, 0.3) is 0 Å². The van der Waals surface area contributed by atoms with E-state index >= 15 is 0 Å². The molecule has 0 saturated carbocycles. The first-order valence-electron chi connectivity index (χ1n) is 11.8. The van der Waals surface area contributed by atoms with E-state index in [1.807, 2.05) is 13.0 Å². The van der Waals surface area contributed by atoms with Gasteiger partial charge in [-0.25, -0.2) is 4.79 Å². The van der Waals surface area contributed by atoms with Gasteiger partial charge in [-0.1, -0.05) is 38.3 Å². The summed E-state index contributed by atoms with van der Waals surface area (Å²) in [4.78, 5) is 12.4. The van der Waals surface area contributed by atoms with Crippen molar-refractivity contribution in [3.8, 4) is 11.5 Å². The van der Waals surface area contributed by atoms with Crippen LogP contribution >= 0.6 is 0 Å². The van der Waals surface area contributed by atoms with E-state index in [1.54, 1.807) is 0 Å². The van der Waals surface area contributed by atoms with Gasteiger partial charge in [-0.05, 0) is 70.6 Å².